The molecule has 0 saturated heterocycles. The van der Waals surface area contributed by atoms with E-state index < -0.39 is 33.0 Å². The lowest BCUT2D eigenvalue weighted by molar-refractivity contribution is -0.138. The van der Waals surface area contributed by atoms with Crippen LogP contribution in [0.15, 0.2) is 16.3 Å². The normalized spacial score (nSPS) is 12.9. The van der Waals surface area contributed by atoms with Crippen molar-refractivity contribution >= 4 is 33.4 Å². The van der Waals surface area contributed by atoms with E-state index in [0.717, 1.165) is 22.8 Å². The van der Waals surface area contributed by atoms with Crippen molar-refractivity contribution in [2.24, 2.45) is 5.73 Å². The minimum Gasteiger partial charge on any atom is -0.480 e. The molecular formula is C11H15FN2O5S2. The van der Waals surface area contributed by atoms with Crippen molar-refractivity contribution in [3.8, 4) is 0 Å². The van der Waals surface area contributed by atoms with Gasteiger partial charge in [0.15, 0.2) is 0 Å². The highest BCUT2D eigenvalue weighted by Gasteiger charge is 2.17. The van der Waals surface area contributed by atoms with Crippen LogP contribution in [-0.2, 0) is 15.0 Å². The number of halogens is 1. The molecule has 0 fully saturated rings. The minimum absolute atomic E-state index is 0.0912. The third-order valence-corrected chi connectivity index (χ3v) is 4.50. The molecule has 1 aromatic heterocycles. The molecule has 0 aliphatic rings. The van der Waals surface area contributed by atoms with Gasteiger partial charge in [-0.25, -0.2) is 0 Å². The van der Waals surface area contributed by atoms with Crippen molar-refractivity contribution in [2.45, 2.75) is 30.2 Å². The Labute approximate surface area is 125 Å². The molecule has 0 radical (unpaired) electrons. The summed E-state index contributed by atoms with van der Waals surface area (Å²) >= 11 is 0.828. The number of nitrogens with two attached hydrogens (primary N) is 1. The molecule has 10 heteroatoms. The molecule has 0 spiro atoms. The van der Waals surface area contributed by atoms with E-state index in [1.54, 1.807) is 0 Å². The second-order valence-corrected chi connectivity index (χ2v) is 6.54. The molecule has 0 saturated carbocycles. The van der Waals surface area contributed by atoms with Crippen molar-refractivity contribution in [1.29, 1.82) is 0 Å². The highest BCUT2D eigenvalue weighted by molar-refractivity contribution is 7.86. The lowest BCUT2D eigenvalue weighted by Crippen LogP contribution is -2.30. The van der Waals surface area contributed by atoms with Crippen LogP contribution in [0.25, 0.3) is 0 Å². The zero-order valence-electron chi connectivity index (χ0n) is 10.9. The molecule has 118 valence electrons. The Morgan fingerprint density at radius 3 is 2.62 bits per heavy atom. The number of carboxylic acid groups (broad SMARTS) is 1. The highest BCUT2D eigenvalue weighted by Crippen LogP contribution is 2.20. The topological polar surface area (TPSA) is 127 Å². The number of carboxylic acids is 1. The van der Waals surface area contributed by atoms with Crippen molar-refractivity contribution < 1.29 is 27.0 Å². The Bertz CT molecular complexity index is 614. The van der Waals surface area contributed by atoms with E-state index in [0.29, 0.717) is 25.8 Å². The fraction of sp³-hybridized carbons (Fsp3) is 0.455. The molecule has 1 heterocycles. The predicted octanol–water partition coefficient (Wildman–Crippen LogP) is 0.718. The Balaban J connectivity index is 2.35. The molecule has 0 aliphatic carbocycles. The number of nitrogens with one attached hydrogen (secondary N) is 1. The number of carbonyl (C=O) groups is 2. The first kappa shape index (κ1) is 17.5. The average Bonchev–Trinajstić information content (AvgIpc) is 2.87. The van der Waals surface area contributed by atoms with Gasteiger partial charge in [0, 0.05) is 11.9 Å². The van der Waals surface area contributed by atoms with Crippen LogP contribution in [0.3, 0.4) is 0 Å². The standard InChI is InChI=1S/C11H15FN2O5S2/c12-21(18,19)7-5-9(20-6-7)10(15)14-4-2-1-3-8(13)11(16)17/h5-6,8H,1-4,13H2,(H,14,15)(H,16,17). The molecule has 0 bridgehead atoms. The number of hydrogen-bond donors (Lipinski definition) is 3. The predicted molar refractivity (Wildman–Crippen MR) is 74.4 cm³/mol. The third kappa shape index (κ3) is 5.78. The van der Waals surface area contributed by atoms with Crippen LogP contribution in [0, 0.1) is 0 Å². The number of hydrogen-bond acceptors (Lipinski definition) is 6. The maximum atomic E-state index is 12.7. The smallest absolute Gasteiger partial charge is 0.332 e. The second kappa shape index (κ2) is 7.48. The molecule has 7 nitrogen and oxygen atoms in total. The van der Waals surface area contributed by atoms with Gasteiger partial charge >= 0.3 is 16.2 Å². The molecule has 0 aliphatic heterocycles. The first-order valence-corrected chi connectivity index (χ1v) is 8.28. The minimum atomic E-state index is -4.80. The highest BCUT2D eigenvalue weighted by atomic mass is 32.3. The Kier molecular flexibility index (Phi) is 6.24. The molecule has 1 rings (SSSR count). The first-order valence-electron chi connectivity index (χ1n) is 6.01. The maximum Gasteiger partial charge on any atom is 0.332 e. The van der Waals surface area contributed by atoms with E-state index in [9.17, 15) is 21.9 Å². The maximum absolute atomic E-state index is 12.7. The summed E-state index contributed by atoms with van der Waals surface area (Å²) in [4.78, 5) is 21.7. The van der Waals surface area contributed by atoms with Crippen molar-refractivity contribution in [3.63, 3.8) is 0 Å². The van der Waals surface area contributed by atoms with E-state index in [4.69, 9.17) is 10.8 Å². The summed E-state index contributed by atoms with van der Waals surface area (Å²) < 4.78 is 33.9. The quantitative estimate of drug-likeness (QED) is 0.473. The number of aliphatic carboxylic acids is 1. The van der Waals surface area contributed by atoms with Crippen LogP contribution in [0.4, 0.5) is 3.89 Å². The molecule has 1 unspecified atom stereocenters. The van der Waals surface area contributed by atoms with E-state index in [-0.39, 0.29) is 4.88 Å². The monoisotopic (exact) mass is 338 g/mol. The van der Waals surface area contributed by atoms with E-state index in [2.05, 4.69) is 5.32 Å². The van der Waals surface area contributed by atoms with Crippen molar-refractivity contribution in [1.82, 2.24) is 5.32 Å². The fourth-order valence-electron chi connectivity index (χ4n) is 1.47. The van der Waals surface area contributed by atoms with Gasteiger partial charge in [-0.3, -0.25) is 9.59 Å². The van der Waals surface area contributed by atoms with Gasteiger partial charge in [-0.15, -0.1) is 15.2 Å². The molecule has 21 heavy (non-hydrogen) atoms. The van der Waals surface area contributed by atoms with E-state index in [1.165, 1.54) is 0 Å². The number of amides is 1. The molecule has 1 atom stereocenters. The summed E-state index contributed by atoms with van der Waals surface area (Å²) in [5, 5.41) is 12.2. The summed E-state index contributed by atoms with van der Waals surface area (Å²) in [5.74, 6) is -1.57. The van der Waals surface area contributed by atoms with Gasteiger partial charge in [0.05, 0.1) is 4.88 Å². The Morgan fingerprint density at radius 1 is 1.43 bits per heavy atom. The van der Waals surface area contributed by atoms with Gasteiger partial charge < -0.3 is 16.2 Å². The number of rotatable bonds is 8. The van der Waals surface area contributed by atoms with E-state index >= 15 is 0 Å². The van der Waals surface area contributed by atoms with Gasteiger partial charge in [0.1, 0.15) is 10.9 Å². The van der Waals surface area contributed by atoms with Crippen LogP contribution in [0.1, 0.15) is 28.9 Å². The van der Waals surface area contributed by atoms with Crippen molar-refractivity contribution in [3.05, 3.63) is 16.3 Å². The first-order chi connectivity index (χ1) is 9.71. The Morgan fingerprint density at radius 2 is 2.10 bits per heavy atom. The molecule has 1 amide bonds. The van der Waals surface area contributed by atoms with Crippen LogP contribution in [-0.4, -0.2) is 38.0 Å². The van der Waals surface area contributed by atoms with Crippen molar-refractivity contribution in [2.75, 3.05) is 6.54 Å². The zero-order chi connectivity index (χ0) is 16.0. The average molecular weight is 338 g/mol. The zero-order valence-corrected chi connectivity index (χ0v) is 12.5. The van der Waals surface area contributed by atoms with Gasteiger partial charge in [-0.1, -0.05) is 0 Å². The fourth-order valence-corrected chi connectivity index (χ4v) is 3.09. The van der Waals surface area contributed by atoms with Crippen LogP contribution < -0.4 is 11.1 Å². The summed E-state index contributed by atoms with van der Waals surface area (Å²) in [6.45, 7) is 0.292. The lowest BCUT2D eigenvalue weighted by Gasteiger charge is -2.06. The van der Waals surface area contributed by atoms with Gasteiger partial charge in [-0.2, -0.15) is 8.42 Å². The van der Waals surface area contributed by atoms with Gasteiger partial charge in [0.25, 0.3) is 5.91 Å². The van der Waals surface area contributed by atoms with Gasteiger partial charge in [-0.05, 0) is 25.3 Å². The van der Waals surface area contributed by atoms with Crippen LogP contribution >= 0.6 is 11.3 Å². The summed E-state index contributed by atoms with van der Waals surface area (Å²) in [6.07, 6.45) is 1.36. The summed E-state index contributed by atoms with van der Waals surface area (Å²) in [5.41, 5.74) is 5.32. The van der Waals surface area contributed by atoms with E-state index in [1.807, 2.05) is 0 Å². The Hall–Kier alpha value is -1.52. The number of carbonyl (C=O) groups excluding carboxylic acids is 1. The molecule has 4 N–H and O–H groups in total. The SMILES string of the molecule is NC(CCCCNC(=O)c1cc(S(=O)(=O)F)cs1)C(=O)O. The number of thiophene rings is 1. The van der Waals surface area contributed by atoms with Crippen LogP contribution in [0.2, 0.25) is 0 Å². The second-order valence-electron chi connectivity index (χ2n) is 4.28. The molecule has 1 aromatic rings. The largest absolute Gasteiger partial charge is 0.480 e. The lowest BCUT2D eigenvalue weighted by atomic mass is 10.1. The summed E-state index contributed by atoms with van der Waals surface area (Å²) in [6, 6.07) is 0.0469. The molecule has 0 aromatic carbocycles. The summed E-state index contributed by atoms with van der Waals surface area (Å²) in [7, 11) is -4.80. The third-order valence-electron chi connectivity index (χ3n) is 2.63. The van der Waals surface area contributed by atoms with Gasteiger partial charge in [0.2, 0.25) is 0 Å². The molecular weight excluding hydrogens is 323 g/mol. The van der Waals surface area contributed by atoms with Crippen LogP contribution in [0.5, 0.6) is 0 Å². The number of unbranched alkanes of at least 4 members (excludes halogenated alkanes) is 1.